The molecule has 0 saturated carbocycles. The number of alkyl carbamates (subject to hydrolysis) is 1. The van der Waals surface area contributed by atoms with Crippen molar-refractivity contribution in [3.05, 3.63) is 54.1 Å². The normalized spacial score (nSPS) is 12.8. The van der Waals surface area contributed by atoms with E-state index in [2.05, 4.69) is 20.6 Å². The van der Waals surface area contributed by atoms with Gasteiger partial charge in [0.15, 0.2) is 0 Å². The minimum atomic E-state index is -1.18. The maximum Gasteiger partial charge on any atom is 0.408 e. The van der Waals surface area contributed by atoms with Gasteiger partial charge in [-0.05, 0) is 17.9 Å². The van der Waals surface area contributed by atoms with Gasteiger partial charge in [0.2, 0.25) is 5.91 Å². The zero-order chi connectivity index (χ0) is 21.2. The summed E-state index contributed by atoms with van der Waals surface area (Å²) < 4.78 is 5.17. The fourth-order valence-corrected chi connectivity index (χ4v) is 2.70. The number of hydrogen-bond acceptors (Lipinski definition) is 5. The van der Waals surface area contributed by atoms with Gasteiger partial charge in [-0.25, -0.2) is 14.6 Å². The molecule has 1 aromatic carbocycles. The lowest BCUT2D eigenvalue weighted by atomic mass is 10.0. The Morgan fingerprint density at radius 2 is 1.86 bits per heavy atom. The largest absolute Gasteiger partial charge is 0.480 e. The molecule has 0 aliphatic rings. The summed E-state index contributed by atoms with van der Waals surface area (Å²) in [5, 5.41) is 14.4. The lowest BCUT2D eigenvalue weighted by molar-refractivity contribution is -0.142. The number of carboxylic acids is 1. The van der Waals surface area contributed by atoms with Crippen molar-refractivity contribution in [2.45, 2.75) is 45.4 Å². The average molecular weight is 402 g/mol. The molecule has 0 spiro atoms. The number of aromatic amines is 1. The predicted molar refractivity (Wildman–Crippen MR) is 105 cm³/mol. The second kappa shape index (κ2) is 10.8. The van der Waals surface area contributed by atoms with Crippen LogP contribution in [0.2, 0.25) is 0 Å². The van der Waals surface area contributed by atoms with Crippen molar-refractivity contribution in [3.8, 4) is 0 Å². The summed E-state index contributed by atoms with van der Waals surface area (Å²) in [7, 11) is 0. The molecule has 4 N–H and O–H groups in total. The van der Waals surface area contributed by atoms with E-state index in [1.807, 2.05) is 44.2 Å². The molecule has 0 radical (unpaired) electrons. The highest BCUT2D eigenvalue weighted by Crippen LogP contribution is 2.08. The molecule has 0 aliphatic carbocycles. The zero-order valence-corrected chi connectivity index (χ0v) is 16.4. The number of carboxylic acid groups (broad SMARTS) is 1. The van der Waals surface area contributed by atoms with E-state index in [4.69, 9.17) is 4.74 Å². The van der Waals surface area contributed by atoms with Gasteiger partial charge < -0.3 is 25.5 Å². The fourth-order valence-electron chi connectivity index (χ4n) is 2.70. The van der Waals surface area contributed by atoms with E-state index in [-0.39, 0.29) is 18.9 Å². The Bertz CT molecular complexity index is 792. The van der Waals surface area contributed by atoms with Crippen LogP contribution in [0.5, 0.6) is 0 Å². The number of hydrogen-bond donors (Lipinski definition) is 4. The summed E-state index contributed by atoms with van der Waals surface area (Å²) in [5.41, 5.74) is 1.39. The van der Waals surface area contributed by atoms with E-state index in [1.54, 1.807) is 0 Å². The number of carbonyl (C=O) groups excluding carboxylic acids is 2. The molecule has 0 fully saturated rings. The smallest absolute Gasteiger partial charge is 0.408 e. The number of imidazole rings is 1. The molecule has 2 atom stereocenters. The molecular weight excluding hydrogens is 376 g/mol. The van der Waals surface area contributed by atoms with Crippen molar-refractivity contribution >= 4 is 18.0 Å². The Morgan fingerprint density at radius 1 is 1.14 bits per heavy atom. The molecule has 9 nitrogen and oxygen atoms in total. The van der Waals surface area contributed by atoms with Crippen LogP contribution < -0.4 is 10.6 Å². The molecule has 0 saturated heterocycles. The van der Waals surface area contributed by atoms with Gasteiger partial charge in [0.05, 0.1) is 6.33 Å². The number of aromatic nitrogens is 2. The Morgan fingerprint density at radius 3 is 2.45 bits per heavy atom. The standard InChI is InChI=1S/C20H26N4O5/c1-13(2)8-16(24-20(28)29-11-14-6-4-3-5-7-14)18(25)23-17(19(26)27)9-15-10-21-12-22-15/h3-7,10,12-13,16-17H,8-9,11H2,1-2H3,(H,21,22)(H,23,25)(H,24,28)(H,26,27)/t16-,17+/m1/s1. The molecule has 0 unspecified atom stereocenters. The highest BCUT2D eigenvalue weighted by atomic mass is 16.5. The number of H-pyrrole nitrogens is 1. The summed E-state index contributed by atoms with van der Waals surface area (Å²) in [5.74, 6) is -1.67. The molecule has 156 valence electrons. The quantitative estimate of drug-likeness (QED) is 0.479. The van der Waals surface area contributed by atoms with Crippen molar-refractivity contribution < 1.29 is 24.2 Å². The number of amides is 2. The molecule has 29 heavy (non-hydrogen) atoms. The van der Waals surface area contributed by atoms with E-state index in [0.717, 1.165) is 5.56 Å². The van der Waals surface area contributed by atoms with Crippen molar-refractivity contribution in [2.24, 2.45) is 5.92 Å². The van der Waals surface area contributed by atoms with Crippen LogP contribution in [0.15, 0.2) is 42.9 Å². The maximum atomic E-state index is 12.7. The Hall–Kier alpha value is -3.36. The van der Waals surface area contributed by atoms with Crippen LogP contribution in [-0.4, -0.2) is 45.1 Å². The van der Waals surface area contributed by atoms with E-state index < -0.39 is 30.1 Å². The molecule has 2 rings (SSSR count). The van der Waals surface area contributed by atoms with E-state index >= 15 is 0 Å². The zero-order valence-electron chi connectivity index (χ0n) is 16.4. The van der Waals surface area contributed by atoms with E-state index in [1.165, 1.54) is 12.5 Å². The van der Waals surface area contributed by atoms with Gasteiger partial charge in [-0.2, -0.15) is 0 Å². The fraction of sp³-hybridized carbons (Fsp3) is 0.400. The number of carbonyl (C=O) groups is 3. The Labute approximate surface area is 168 Å². The molecule has 0 aliphatic heterocycles. The average Bonchev–Trinajstić information content (AvgIpc) is 3.19. The number of nitrogens with one attached hydrogen (secondary N) is 3. The summed E-state index contributed by atoms with van der Waals surface area (Å²) in [4.78, 5) is 43.0. The number of benzene rings is 1. The van der Waals surface area contributed by atoms with Gasteiger partial charge in [-0.15, -0.1) is 0 Å². The van der Waals surface area contributed by atoms with Gasteiger partial charge in [0.25, 0.3) is 0 Å². The number of aliphatic carboxylic acids is 1. The highest BCUT2D eigenvalue weighted by Gasteiger charge is 2.28. The van der Waals surface area contributed by atoms with Crippen molar-refractivity contribution in [3.63, 3.8) is 0 Å². The maximum absolute atomic E-state index is 12.7. The minimum absolute atomic E-state index is 0.0495. The first-order valence-electron chi connectivity index (χ1n) is 9.32. The second-order valence-electron chi connectivity index (χ2n) is 7.07. The van der Waals surface area contributed by atoms with Gasteiger partial charge in [0.1, 0.15) is 18.7 Å². The van der Waals surface area contributed by atoms with Crippen molar-refractivity contribution in [2.75, 3.05) is 0 Å². The second-order valence-corrected chi connectivity index (χ2v) is 7.07. The molecular formula is C20H26N4O5. The summed E-state index contributed by atoms with van der Waals surface area (Å²) in [6, 6.07) is 7.09. The molecule has 1 heterocycles. The summed E-state index contributed by atoms with van der Waals surface area (Å²) >= 11 is 0. The first-order valence-corrected chi connectivity index (χ1v) is 9.32. The van der Waals surface area contributed by atoms with Crippen LogP contribution in [0.4, 0.5) is 4.79 Å². The SMILES string of the molecule is CC(C)C[C@@H](NC(=O)OCc1ccccc1)C(=O)N[C@@H](Cc1cnc[nH]1)C(=O)O. The highest BCUT2D eigenvalue weighted by molar-refractivity contribution is 5.89. The Balaban J connectivity index is 1.96. The van der Waals surface area contributed by atoms with Crippen molar-refractivity contribution in [1.82, 2.24) is 20.6 Å². The van der Waals surface area contributed by atoms with Crippen LogP contribution in [-0.2, 0) is 27.4 Å². The van der Waals surface area contributed by atoms with Crippen LogP contribution in [0, 0.1) is 5.92 Å². The summed E-state index contributed by atoms with van der Waals surface area (Å²) in [6.07, 6.45) is 2.57. The third-order valence-corrected chi connectivity index (χ3v) is 4.12. The summed E-state index contributed by atoms with van der Waals surface area (Å²) in [6.45, 7) is 3.87. The number of nitrogens with zero attached hydrogens (tertiary/aromatic N) is 1. The van der Waals surface area contributed by atoms with Gasteiger partial charge in [-0.3, -0.25) is 4.79 Å². The predicted octanol–water partition coefficient (Wildman–Crippen LogP) is 1.86. The Kier molecular flexibility index (Phi) is 8.20. The molecule has 9 heteroatoms. The third kappa shape index (κ3) is 7.65. The van der Waals surface area contributed by atoms with Crippen LogP contribution in [0.3, 0.4) is 0 Å². The molecule has 0 bridgehead atoms. The van der Waals surface area contributed by atoms with Crippen LogP contribution in [0.1, 0.15) is 31.5 Å². The van der Waals surface area contributed by atoms with Gasteiger partial charge in [-0.1, -0.05) is 44.2 Å². The lowest BCUT2D eigenvalue weighted by Gasteiger charge is -2.22. The van der Waals surface area contributed by atoms with Gasteiger partial charge in [0, 0.05) is 18.3 Å². The monoisotopic (exact) mass is 402 g/mol. The van der Waals surface area contributed by atoms with E-state index in [0.29, 0.717) is 12.1 Å². The third-order valence-electron chi connectivity index (χ3n) is 4.12. The van der Waals surface area contributed by atoms with Crippen LogP contribution in [0.25, 0.3) is 0 Å². The molecule has 2 amide bonds. The topological polar surface area (TPSA) is 133 Å². The lowest BCUT2D eigenvalue weighted by Crippen LogP contribution is -2.52. The van der Waals surface area contributed by atoms with E-state index in [9.17, 15) is 19.5 Å². The molecule has 1 aromatic heterocycles. The number of rotatable bonds is 10. The van der Waals surface area contributed by atoms with Gasteiger partial charge >= 0.3 is 12.1 Å². The molecule has 2 aromatic rings. The minimum Gasteiger partial charge on any atom is -0.480 e. The first kappa shape index (κ1) is 21.9. The van der Waals surface area contributed by atoms with Crippen molar-refractivity contribution in [1.29, 1.82) is 0 Å². The number of ether oxygens (including phenoxy) is 1. The first-order chi connectivity index (χ1) is 13.8. The van der Waals surface area contributed by atoms with Crippen LogP contribution >= 0.6 is 0 Å².